The molecule has 0 radical (unpaired) electrons. The van der Waals surface area contributed by atoms with E-state index in [0.29, 0.717) is 32.7 Å². The van der Waals surface area contributed by atoms with Gasteiger partial charge in [0.05, 0.1) is 6.26 Å². The minimum absolute atomic E-state index is 0. The second-order valence-corrected chi connectivity index (χ2v) is 6.01. The topological polar surface area (TPSA) is 79.1 Å². The van der Waals surface area contributed by atoms with E-state index < -0.39 is 0 Å². The number of guanidine groups is 1. The summed E-state index contributed by atoms with van der Waals surface area (Å²) in [4.78, 5) is 18.5. The van der Waals surface area contributed by atoms with Crippen molar-refractivity contribution in [1.82, 2.24) is 15.5 Å². The van der Waals surface area contributed by atoms with Crippen LogP contribution in [0.5, 0.6) is 0 Å². The number of ether oxygens (including phenoxy) is 1. The first kappa shape index (κ1) is 22.8. The second kappa shape index (κ2) is 13.9. The van der Waals surface area contributed by atoms with E-state index >= 15 is 0 Å². The van der Waals surface area contributed by atoms with Gasteiger partial charge in [0.2, 0.25) is 5.91 Å². The van der Waals surface area contributed by atoms with E-state index in [2.05, 4.69) is 15.6 Å². The average molecular weight is 478 g/mol. The number of carbonyl (C=O) groups is 1. The molecule has 1 fully saturated rings. The van der Waals surface area contributed by atoms with Gasteiger partial charge in [0, 0.05) is 45.8 Å². The Morgan fingerprint density at radius 2 is 2.15 bits per heavy atom. The fourth-order valence-corrected chi connectivity index (χ4v) is 2.68. The molecule has 0 saturated carbocycles. The van der Waals surface area contributed by atoms with E-state index in [1.807, 2.05) is 24.0 Å². The van der Waals surface area contributed by atoms with Crippen molar-refractivity contribution in [3.05, 3.63) is 24.2 Å². The normalized spacial score (nSPS) is 14.2. The number of nitrogens with one attached hydrogen (secondary N) is 2. The van der Waals surface area contributed by atoms with E-state index in [1.54, 1.807) is 6.26 Å². The third-order valence-electron chi connectivity index (χ3n) is 3.98. The van der Waals surface area contributed by atoms with Crippen LogP contribution in [0.4, 0.5) is 0 Å². The number of carbonyl (C=O) groups excluding carboxylic acids is 1. The molecule has 0 aliphatic carbocycles. The fraction of sp³-hybridized carbons (Fsp3) is 0.667. The summed E-state index contributed by atoms with van der Waals surface area (Å²) in [7, 11) is 0. The van der Waals surface area contributed by atoms with Gasteiger partial charge < -0.3 is 24.7 Å². The SMILES string of the molecule is CCNC(=NCCCOCc1ccco1)NCCC(=O)N1CCCC1.I. The van der Waals surface area contributed by atoms with Gasteiger partial charge in [-0.15, -0.1) is 24.0 Å². The number of aliphatic imine (C=N–C) groups is 1. The second-order valence-electron chi connectivity index (χ2n) is 6.01. The standard InChI is InChI=1S/C18H30N4O3.HI/c1-2-19-18(21-10-8-17(23)22-11-3-4-12-22)20-9-6-13-24-15-16-7-5-14-25-16;/h5,7,14H,2-4,6,8-13,15H2,1H3,(H2,19,20,21);1H. The Morgan fingerprint density at radius 1 is 1.35 bits per heavy atom. The van der Waals surface area contributed by atoms with Crippen LogP contribution in [0.1, 0.15) is 38.4 Å². The van der Waals surface area contributed by atoms with Crippen LogP contribution < -0.4 is 10.6 Å². The van der Waals surface area contributed by atoms with Crippen molar-refractivity contribution in [2.45, 2.75) is 39.2 Å². The van der Waals surface area contributed by atoms with Gasteiger partial charge >= 0.3 is 0 Å². The highest BCUT2D eigenvalue weighted by atomic mass is 127. The summed E-state index contributed by atoms with van der Waals surface area (Å²) in [5.41, 5.74) is 0. The first-order valence-electron chi connectivity index (χ1n) is 9.19. The van der Waals surface area contributed by atoms with Crippen molar-refractivity contribution in [2.75, 3.05) is 39.3 Å². The maximum Gasteiger partial charge on any atom is 0.224 e. The largest absolute Gasteiger partial charge is 0.467 e. The lowest BCUT2D eigenvalue weighted by atomic mass is 10.3. The number of rotatable bonds is 10. The molecule has 0 bridgehead atoms. The van der Waals surface area contributed by atoms with Crippen molar-refractivity contribution in [2.24, 2.45) is 4.99 Å². The minimum atomic E-state index is 0. The molecule has 1 amide bonds. The zero-order valence-corrected chi connectivity index (χ0v) is 17.9. The van der Waals surface area contributed by atoms with Crippen molar-refractivity contribution in [1.29, 1.82) is 0 Å². The first-order chi connectivity index (χ1) is 12.3. The lowest BCUT2D eigenvalue weighted by Crippen LogP contribution is -2.39. The van der Waals surface area contributed by atoms with Crippen LogP contribution in [-0.4, -0.2) is 56.1 Å². The molecule has 0 unspecified atom stereocenters. The molecule has 1 saturated heterocycles. The van der Waals surface area contributed by atoms with Gasteiger partial charge in [0.25, 0.3) is 0 Å². The van der Waals surface area contributed by atoms with Crippen molar-refractivity contribution in [3.63, 3.8) is 0 Å². The van der Waals surface area contributed by atoms with Gasteiger partial charge in [0.15, 0.2) is 5.96 Å². The molecule has 0 spiro atoms. The Kier molecular flexibility index (Phi) is 12.1. The van der Waals surface area contributed by atoms with Gasteiger partial charge in [-0.2, -0.15) is 0 Å². The van der Waals surface area contributed by atoms with Gasteiger partial charge in [-0.05, 0) is 38.3 Å². The van der Waals surface area contributed by atoms with Gasteiger partial charge in [-0.1, -0.05) is 0 Å². The Hall–Kier alpha value is -1.29. The van der Waals surface area contributed by atoms with Crippen LogP contribution >= 0.6 is 24.0 Å². The lowest BCUT2D eigenvalue weighted by Gasteiger charge is -2.16. The summed E-state index contributed by atoms with van der Waals surface area (Å²) in [6.07, 6.45) is 5.25. The zero-order valence-electron chi connectivity index (χ0n) is 15.5. The molecular weight excluding hydrogens is 447 g/mol. The number of furan rings is 1. The lowest BCUT2D eigenvalue weighted by molar-refractivity contribution is -0.129. The molecule has 8 heteroatoms. The summed E-state index contributed by atoms with van der Waals surface area (Å²) in [5.74, 6) is 1.82. The van der Waals surface area contributed by atoms with Crippen molar-refractivity contribution < 1.29 is 13.9 Å². The van der Waals surface area contributed by atoms with E-state index in [0.717, 1.165) is 50.6 Å². The number of hydrogen-bond acceptors (Lipinski definition) is 4. The molecule has 1 aliphatic heterocycles. The highest BCUT2D eigenvalue weighted by Gasteiger charge is 2.17. The van der Waals surface area contributed by atoms with Gasteiger partial charge in [0.1, 0.15) is 12.4 Å². The van der Waals surface area contributed by atoms with E-state index in [1.165, 1.54) is 0 Å². The molecule has 148 valence electrons. The Labute approximate surface area is 173 Å². The average Bonchev–Trinajstić information content (AvgIpc) is 3.31. The first-order valence-corrected chi connectivity index (χ1v) is 9.19. The quantitative estimate of drug-likeness (QED) is 0.234. The maximum absolute atomic E-state index is 12.0. The molecule has 0 aromatic carbocycles. The van der Waals surface area contributed by atoms with Crippen LogP contribution in [0.15, 0.2) is 27.8 Å². The van der Waals surface area contributed by atoms with Crippen LogP contribution in [0.2, 0.25) is 0 Å². The van der Waals surface area contributed by atoms with Crippen LogP contribution in [-0.2, 0) is 16.1 Å². The maximum atomic E-state index is 12.0. The summed E-state index contributed by atoms with van der Waals surface area (Å²) in [6, 6.07) is 3.75. The van der Waals surface area contributed by atoms with E-state index in [4.69, 9.17) is 9.15 Å². The van der Waals surface area contributed by atoms with Crippen molar-refractivity contribution >= 4 is 35.8 Å². The van der Waals surface area contributed by atoms with Crippen LogP contribution in [0.3, 0.4) is 0 Å². The molecule has 2 rings (SSSR count). The monoisotopic (exact) mass is 478 g/mol. The summed E-state index contributed by atoms with van der Waals surface area (Å²) in [6.45, 7) is 7.05. The molecule has 0 atom stereocenters. The smallest absolute Gasteiger partial charge is 0.224 e. The third-order valence-corrected chi connectivity index (χ3v) is 3.98. The number of nitrogens with zero attached hydrogens (tertiary/aromatic N) is 2. The predicted molar refractivity (Wildman–Crippen MR) is 113 cm³/mol. The van der Waals surface area contributed by atoms with Crippen molar-refractivity contribution in [3.8, 4) is 0 Å². The molecular formula is C18H31IN4O3. The van der Waals surface area contributed by atoms with Gasteiger partial charge in [-0.25, -0.2) is 0 Å². The minimum Gasteiger partial charge on any atom is -0.467 e. The number of likely N-dealkylation sites (tertiary alicyclic amines) is 1. The highest BCUT2D eigenvalue weighted by Crippen LogP contribution is 2.08. The molecule has 1 aliphatic rings. The predicted octanol–water partition coefficient (Wildman–Crippen LogP) is 2.37. The Bertz CT molecular complexity index is 517. The molecule has 1 aromatic heterocycles. The molecule has 2 N–H and O–H groups in total. The van der Waals surface area contributed by atoms with Crippen LogP contribution in [0.25, 0.3) is 0 Å². The number of halogens is 1. The molecule has 2 heterocycles. The Morgan fingerprint density at radius 3 is 2.85 bits per heavy atom. The number of hydrogen-bond donors (Lipinski definition) is 2. The van der Waals surface area contributed by atoms with Crippen LogP contribution in [0, 0.1) is 0 Å². The highest BCUT2D eigenvalue weighted by molar-refractivity contribution is 14.0. The number of amides is 1. The third kappa shape index (κ3) is 8.88. The molecule has 7 nitrogen and oxygen atoms in total. The molecule has 26 heavy (non-hydrogen) atoms. The summed E-state index contributed by atoms with van der Waals surface area (Å²) in [5, 5.41) is 6.42. The van der Waals surface area contributed by atoms with E-state index in [9.17, 15) is 4.79 Å². The summed E-state index contributed by atoms with van der Waals surface area (Å²) >= 11 is 0. The summed E-state index contributed by atoms with van der Waals surface area (Å²) < 4.78 is 10.7. The Balaban J connectivity index is 0.00000338. The molecule has 1 aromatic rings. The van der Waals surface area contributed by atoms with Gasteiger partial charge in [-0.3, -0.25) is 9.79 Å². The fourth-order valence-electron chi connectivity index (χ4n) is 2.68. The van der Waals surface area contributed by atoms with E-state index in [-0.39, 0.29) is 29.9 Å². The zero-order chi connectivity index (χ0) is 17.7.